The zero-order chi connectivity index (χ0) is 29.2. The van der Waals surface area contributed by atoms with E-state index in [9.17, 15) is 4.79 Å². The minimum atomic E-state index is -0.282. The van der Waals surface area contributed by atoms with E-state index < -0.39 is 0 Å². The molecule has 1 amide bonds. The minimum Gasteiger partial charge on any atom is -0.445 e. The van der Waals surface area contributed by atoms with Crippen LogP contribution in [-0.4, -0.2) is 41.3 Å². The molecule has 1 aromatic carbocycles. The SMILES string of the molecule is CC1=C2C[C@H]3C(CC[C@@H]4CC(N=[N+]=[N-])CC[C@@]43C)[C@@H]2CC[C@]12O[C@@H]1C[C@H](C)CN(C(=O)OCc3ccccc3)[C@H]1[C@H]2C. The van der Waals surface area contributed by atoms with Gasteiger partial charge in [-0.3, -0.25) is 0 Å². The number of fused-ring (bicyclic) bond motifs is 6. The van der Waals surface area contributed by atoms with Crippen molar-refractivity contribution in [2.75, 3.05) is 6.54 Å². The summed E-state index contributed by atoms with van der Waals surface area (Å²) in [6.45, 7) is 10.6. The lowest BCUT2D eigenvalue weighted by Crippen LogP contribution is -2.54. The lowest BCUT2D eigenvalue weighted by molar-refractivity contribution is -0.0665. The van der Waals surface area contributed by atoms with E-state index in [1.807, 2.05) is 35.2 Å². The van der Waals surface area contributed by atoms with Gasteiger partial charge in [-0.25, -0.2) is 4.79 Å². The van der Waals surface area contributed by atoms with Crippen LogP contribution in [0.2, 0.25) is 0 Å². The second-order valence-electron chi connectivity index (χ2n) is 15.0. The molecule has 6 aliphatic rings. The van der Waals surface area contributed by atoms with E-state index in [-0.39, 0.29) is 35.8 Å². The maximum atomic E-state index is 13.6. The van der Waals surface area contributed by atoms with Crippen LogP contribution >= 0.6 is 0 Å². The summed E-state index contributed by atoms with van der Waals surface area (Å²) in [7, 11) is 0. The highest BCUT2D eigenvalue weighted by Gasteiger charge is 2.63. The van der Waals surface area contributed by atoms with Crippen molar-refractivity contribution in [1.82, 2.24) is 4.90 Å². The second kappa shape index (κ2) is 10.6. The Kier molecular flexibility index (Phi) is 7.13. The summed E-state index contributed by atoms with van der Waals surface area (Å²) < 4.78 is 13.1. The smallest absolute Gasteiger partial charge is 0.410 e. The fraction of sp³-hybridized carbons (Fsp3) is 0.743. The number of allylic oxidation sites excluding steroid dienone is 1. The molecule has 2 saturated heterocycles. The summed E-state index contributed by atoms with van der Waals surface area (Å²) in [5, 5.41) is 4.14. The van der Waals surface area contributed by atoms with Gasteiger partial charge >= 0.3 is 6.09 Å². The molecule has 0 aromatic heterocycles. The number of carbonyl (C=O) groups is 1. The zero-order valence-electron chi connectivity index (χ0n) is 25.9. The minimum absolute atomic E-state index is 0.0538. The molecule has 2 unspecified atom stereocenters. The first kappa shape index (κ1) is 28.3. The Hall–Kier alpha value is -2.50. The fourth-order valence-corrected chi connectivity index (χ4v) is 11.1. The Morgan fingerprint density at radius 1 is 1.14 bits per heavy atom. The molecule has 7 rings (SSSR count). The molecule has 42 heavy (non-hydrogen) atoms. The fourth-order valence-electron chi connectivity index (χ4n) is 11.1. The summed E-state index contributed by atoms with van der Waals surface area (Å²) in [6.07, 6.45) is 10.2. The molecular formula is C35H48N4O3. The summed E-state index contributed by atoms with van der Waals surface area (Å²) in [6, 6.07) is 10.2. The third kappa shape index (κ3) is 4.32. The van der Waals surface area contributed by atoms with Crippen molar-refractivity contribution in [2.45, 2.75) is 116 Å². The van der Waals surface area contributed by atoms with Gasteiger partial charge in [-0.05, 0) is 116 Å². The van der Waals surface area contributed by atoms with Crippen molar-refractivity contribution < 1.29 is 14.3 Å². The van der Waals surface area contributed by atoms with Gasteiger partial charge in [-0.15, -0.1) is 0 Å². The van der Waals surface area contributed by atoms with Gasteiger partial charge in [-0.1, -0.05) is 61.8 Å². The molecule has 7 heteroatoms. The number of likely N-dealkylation sites (tertiary alicyclic amines) is 1. The van der Waals surface area contributed by atoms with Gasteiger partial charge in [0, 0.05) is 23.4 Å². The Bertz CT molecular complexity index is 1290. The molecule has 7 nitrogen and oxygen atoms in total. The highest BCUT2D eigenvalue weighted by Crippen LogP contribution is 2.66. The number of carbonyl (C=O) groups excluding carboxylic acids is 1. The third-order valence-electron chi connectivity index (χ3n) is 13.2. The van der Waals surface area contributed by atoms with Gasteiger partial charge in [0.15, 0.2) is 0 Å². The Morgan fingerprint density at radius 3 is 2.74 bits per heavy atom. The van der Waals surface area contributed by atoms with Crippen molar-refractivity contribution in [2.24, 2.45) is 46.0 Å². The average molecular weight is 573 g/mol. The van der Waals surface area contributed by atoms with Crippen molar-refractivity contribution in [3.05, 3.63) is 57.5 Å². The zero-order valence-corrected chi connectivity index (χ0v) is 25.9. The molecule has 5 fully saturated rings. The van der Waals surface area contributed by atoms with Crippen LogP contribution in [0.1, 0.15) is 91.0 Å². The highest BCUT2D eigenvalue weighted by atomic mass is 16.6. The maximum Gasteiger partial charge on any atom is 0.410 e. The predicted octanol–water partition coefficient (Wildman–Crippen LogP) is 8.45. The van der Waals surface area contributed by atoms with Gasteiger partial charge < -0.3 is 14.4 Å². The second-order valence-corrected chi connectivity index (χ2v) is 15.0. The van der Waals surface area contributed by atoms with Crippen molar-refractivity contribution in [3.63, 3.8) is 0 Å². The number of hydrogen-bond acceptors (Lipinski definition) is 4. The Morgan fingerprint density at radius 2 is 1.95 bits per heavy atom. The molecular weight excluding hydrogens is 524 g/mol. The van der Waals surface area contributed by atoms with E-state index in [0.717, 1.165) is 49.6 Å². The molecule has 11 atom stereocenters. The number of azide groups is 1. The molecule has 226 valence electrons. The highest BCUT2D eigenvalue weighted by molar-refractivity contribution is 5.68. The van der Waals surface area contributed by atoms with Crippen LogP contribution in [0.3, 0.4) is 0 Å². The summed E-state index contributed by atoms with van der Waals surface area (Å²) in [5.74, 6) is 3.45. The van der Waals surface area contributed by atoms with Crippen LogP contribution in [0.5, 0.6) is 0 Å². The average Bonchev–Trinajstić information content (AvgIpc) is 3.51. The molecule has 2 aliphatic heterocycles. The number of amides is 1. The van der Waals surface area contributed by atoms with E-state index in [1.54, 1.807) is 5.57 Å². The van der Waals surface area contributed by atoms with Crippen LogP contribution in [0, 0.1) is 40.9 Å². The molecule has 4 aliphatic carbocycles. The van der Waals surface area contributed by atoms with Crippen LogP contribution < -0.4 is 0 Å². The van der Waals surface area contributed by atoms with Crippen molar-refractivity contribution in [1.29, 1.82) is 0 Å². The molecule has 0 N–H and O–H groups in total. The molecule has 0 radical (unpaired) electrons. The molecule has 1 spiro atoms. The number of piperidine rings is 1. The first-order valence-electron chi connectivity index (χ1n) is 16.6. The molecule has 2 heterocycles. The van der Waals surface area contributed by atoms with Gasteiger partial charge in [-0.2, -0.15) is 0 Å². The first-order valence-corrected chi connectivity index (χ1v) is 16.6. The topological polar surface area (TPSA) is 87.5 Å². The van der Waals surface area contributed by atoms with E-state index in [1.165, 1.54) is 37.7 Å². The first-order chi connectivity index (χ1) is 20.2. The van der Waals surface area contributed by atoms with E-state index >= 15 is 0 Å². The van der Waals surface area contributed by atoms with Gasteiger partial charge in [0.05, 0.1) is 17.7 Å². The number of rotatable bonds is 3. The number of hydrogen-bond donors (Lipinski definition) is 0. The third-order valence-corrected chi connectivity index (χ3v) is 13.2. The number of benzene rings is 1. The normalized spacial score (nSPS) is 44.1. The number of nitrogens with zero attached hydrogens (tertiary/aromatic N) is 4. The van der Waals surface area contributed by atoms with Gasteiger partial charge in [0.2, 0.25) is 0 Å². The molecule has 0 bridgehead atoms. The van der Waals surface area contributed by atoms with Crippen molar-refractivity contribution in [3.8, 4) is 0 Å². The summed E-state index contributed by atoms with van der Waals surface area (Å²) in [4.78, 5) is 18.7. The van der Waals surface area contributed by atoms with Crippen LogP contribution in [0.4, 0.5) is 4.79 Å². The largest absolute Gasteiger partial charge is 0.445 e. The quantitative estimate of drug-likeness (QED) is 0.158. The van der Waals surface area contributed by atoms with E-state index in [4.69, 9.17) is 15.0 Å². The van der Waals surface area contributed by atoms with Crippen LogP contribution in [0.15, 0.2) is 46.6 Å². The Balaban J connectivity index is 1.13. The monoisotopic (exact) mass is 572 g/mol. The summed E-state index contributed by atoms with van der Waals surface area (Å²) in [5.41, 5.74) is 13.3. The molecule has 1 aromatic rings. The van der Waals surface area contributed by atoms with Gasteiger partial charge in [0.1, 0.15) is 6.61 Å². The lowest BCUT2D eigenvalue weighted by atomic mass is 9.52. The number of ether oxygens (including phenoxy) is 2. The maximum absolute atomic E-state index is 13.6. The predicted molar refractivity (Wildman–Crippen MR) is 162 cm³/mol. The summed E-state index contributed by atoms with van der Waals surface area (Å²) >= 11 is 0. The standard InChI is InChI=1S/C35H48N4O3/c1-21-16-31-32(39(19-21)33(40)41-20-24-8-6-5-7-9-24)23(3)35(42-31)15-13-27-28-11-10-25-17-26(37-38-36)12-14-34(25,4)30(28)18-29(27)22(35)2/h5-9,21,23,25-28,30-32H,10-20H2,1-4H3/t21-,23+,25+,26?,27-,28?,30-,31+,32-,34-,35-/m0/s1. The van der Waals surface area contributed by atoms with E-state index in [2.05, 4.69) is 37.7 Å². The molecule has 3 saturated carbocycles. The van der Waals surface area contributed by atoms with Crippen LogP contribution in [0.25, 0.3) is 10.4 Å². The van der Waals surface area contributed by atoms with Crippen molar-refractivity contribution >= 4 is 6.09 Å². The van der Waals surface area contributed by atoms with Crippen LogP contribution in [-0.2, 0) is 16.1 Å². The lowest BCUT2D eigenvalue weighted by Gasteiger charge is -2.53. The van der Waals surface area contributed by atoms with Gasteiger partial charge in [0.25, 0.3) is 0 Å². The Labute approximate surface area is 251 Å². The van der Waals surface area contributed by atoms with E-state index in [0.29, 0.717) is 29.8 Å².